The Bertz CT molecular complexity index is 1750. The van der Waals surface area contributed by atoms with Gasteiger partial charge in [-0.05, 0) is 31.6 Å². The number of esters is 4. The highest BCUT2D eigenvalue weighted by Gasteiger charge is 2.30. The van der Waals surface area contributed by atoms with Gasteiger partial charge in [-0.3, -0.25) is 37.3 Å². The fourth-order valence-electron chi connectivity index (χ4n) is 11.0. The van der Waals surface area contributed by atoms with E-state index in [0.717, 1.165) is 121 Å². The van der Waals surface area contributed by atoms with Gasteiger partial charge in [-0.2, -0.15) is 0 Å². The van der Waals surface area contributed by atoms with E-state index >= 15 is 0 Å². The van der Waals surface area contributed by atoms with Gasteiger partial charge in [0.1, 0.15) is 19.3 Å². The van der Waals surface area contributed by atoms with E-state index in [9.17, 15) is 43.2 Å². The van der Waals surface area contributed by atoms with Crippen LogP contribution in [-0.2, 0) is 65.4 Å². The average Bonchev–Trinajstić information content (AvgIpc) is 3.68. The first-order valence-corrected chi connectivity index (χ1v) is 40.6. The van der Waals surface area contributed by atoms with Crippen molar-refractivity contribution in [3.8, 4) is 0 Å². The minimum Gasteiger partial charge on any atom is -0.462 e. The van der Waals surface area contributed by atoms with Gasteiger partial charge < -0.3 is 33.8 Å². The molecule has 0 fully saturated rings. The van der Waals surface area contributed by atoms with Gasteiger partial charge in [0, 0.05) is 25.7 Å². The molecule has 0 saturated carbocycles. The Morgan fingerprint density at radius 1 is 0.297 bits per heavy atom. The lowest BCUT2D eigenvalue weighted by atomic mass is 10.0. The second-order valence-electron chi connectivity index (χ2n) is 26.5. The number of unbranched alkanes of at least 4 members (excludes halogenated alkanes) is 44. The van der Waals surface area contributed by atoms with Crippen LogP contribution in [0.15, 0.2) is 0 Å². The van der Waals surface area contributed by atoms with Crippen molar-refractivity contribution in [2.24, 2.45) is 5.92 Å². The number of carbonyl (C=O) groups excluding carboxylic acids is 4. The molecule has 19 heteroatoms. The quantitative estimate of drug-likeness (QED) is 0.0222. The van der Waals surface area contributed by atoms with Crippen LogP contribution in [0.1, 0.15) is 375 Å². The minimum absolute atomic E-state index is 0.104. The summed E-state index contributed by atoms with van der Waals surface area (Å²) in [7, 11) is -9.89. The van der Waals surface area contributed by atoms with Gasteiger partial charge in [0.2, 0.25) is 0 Å². The second-order valence-corrected chi connectivity index (χ2v) is 29.4. The Kier molecular flexibility index (Phi) is 64.0. The third kappa shape index (κ3) is 66.5. The predicted octanol–water partition coefficient (Wildman–Crippen LogP) is 20.9. The molecule has 0 aliphatic heterocycles. The second kappa shape index (κ2) is 65.4. The van der Waals surface area contributed by atoms with E-state index in [4.69, 9.17) is 37.0 Å². The molecule has 0 heterocycles. The van der Waals surface area contributed by atoms with Crippen molar-refractivity contribution >= 4 is 39.5 Å². The maximum absolute atomic E-state index is 13.1. The summed E-state index contributed by atoms with van der Waals surface area (Å²) >= 11 is 0. The van der Waals surface area contributed by atoms with Gasteiger partial charge in [-0.1, -0.05) is 324 Å². The summed E-state index contributed by atoms with van der Waals surface area (Å²) in [6.45, 7) is 7.18. The third-order valence-electron chi connectivity index (χ3n) is 16.8. The number of aliphatic hydroxyl groups excluding tert-OH is 1. The zero-order chi connectivity index (χ0) is 67.0. The Morgan fingerprint density at radius 2 is 0.505 bits per heavy atom. The molecule has 0 aromatic heterocycles. The molecule has 0 amide bonds. The number of rotatable bonds is 72. The average molecular weight is 1340 g/mol. The van der Waals surface area contributed by atoms with Gasteiger partial charge in [0.25, 0.3) is 0 Å². The summed E-state index contributed by atoms with van der Waals surface area (Å²) < 4.78 is 68.1. The van der Waals surface area contributed by atoms with E-state index in [-0.39, 0.29) is 25.7 Å². The molecule has 3 N–H and O–H groups in total. The Labute approximate surface area is 556 Å². The van der Waals surface area contributed by atoms with Crippen LogP contribution in [-0.4, -0.2) is 96.7 Å². The molecule has 91 heavy (non-hydrogen) atoms. The Balaban J connectivity index is 5.10. The van der Waals surface area contributed by atoms with Crippen molar-refractivity contribution in [3.05, 3.63) is 0 Å². The van der Waals surface area contributed by atoms with Crippen LogP contribution in [0.3, 0.4) is 0 Å². The first kappa shape index (κ1) is 89.1. The van der Waals surface area contributed by atoms with E-state index < -0.39 is 97.5 Å². The van der Waals surface area contributed by atoms with Gasteiger partial charge >= 0.3 is 39.5 Å². The van der Waals surface area contributed by atoms with Crippen LogP contribution in [0.5, 0.6) is 0 Å². The molecule has 0 spiro atoms. The topological polar surface area (TPSA) is 237 Å². The van der Waals surface area contributed by atoms with Crippen molar-refractivity contribution < 1.29 is 80.2 Å². The Morgan fingerprint density at radius 3 is 0.747 bits per heavy atom. The van der Waals surface area contributed by atoms with E-state index in [1.807, 2.05) is 0 Å². The van der Waals surface area contributed by atoms with Crippen molar-refractivity contribution in [2.75, 3.05) is 39.6 Å². The van der Waals surface area contributed by atoms with Crippen molar-refractivity contribution in [2.45, 2.75) is 393 Å². The smallest absolute Gasteiger partial charge is 0.462 e. The molecule has 5 atom stereocenters. The number of ether oxygens (including phenoxy) is 4. The van der Waals surface area contributed by atoms with E-state index in [2.05, 4.69) is 34.6 Å². The van der Waals surface area contributed by atoms with Gasteiger partial charge in [0.15, 0.2) is 12.2 Å². The molecule has 17 nitrogen and oxygen atoms in total. The first-order chi connectivity index (χ1) is 44.0. The summed E-state index contributed by atoms with van der Waals surface area (Å²) in [5.41, 5.74) is 0. The summed E-state index contributed by atoms with van der Waals surface area (Å²) in [5.74, 6) is -1.35. The molecule has 0 bridgehead atoms. The standard InChI is InChI=1S/C72H140O17P2/c1-6-9-12-15-18-19-20-21-22-23-24-25-26-27-28-29-30-35-38-43-48-53-58-72(77)89-68(62-83-70(75)56-51-46-42-37-34-32-31-33-36-41-44-49-54-65(4)5)64-87-91(80,81)85-60-66(73)59-84-90(78,79)86-63-67(88-71(76)57-52-47-40-17-14-11-8-3)61-82-69(74)55-50-45-39-16-13-10-7-2/h65-68,73H,6-64H2,1-5H3,(H,78,79)(H,80,81)/t66-,67+,68+/m0/s1. The third-order valence-corrected chi connectivity index (χ3v) is 18.7. The molecular formula is C72H140O17P2. The van der Waals surface area contributed by atoms with Crippen LogP contribution in [0.2, 0.25) is 0 Å². The summed E-state index contributed by atoms with van der Waals surface area (Å²) in [5, 5.41) is 10.6. The van der Waals surface area contributed by atoms with Gasteiger partial charge in [-0.25, -0.2) is 9.13 Å². The molecule has 0 aromatic carbocycles. The lowest BCUT2D eigenvalue weighted by Crippen LogP contribution is -2.30. The number of aliphatic hydroxyl groups is 1. The highest BCUT2D eigenvalue weighted by molar-refractivity contribution is 7.47. The molecule has 540 valence electrons. The van der Waals surface area contributed by atoms with Crippen LogP contribution >= 0.6 is 15.6 Å². The molecule has 0 radical (unpaired) electrons. The van der Waals surface area contributed by atoms with Gasteiger partial charge in [0.05, 0.1) is 26.4 Å². The lowest BCUT2D eigenvalue weighted by Gasteiger charge is -2.21. The number of phosphoric acid groups is 2. The molecule has 2 unspecified atom stereocenters. The molecule has 0 aliphatic rings. The van der Waals surface area contributed by atoms with Gasteiger partial charge in [-0.15, -0.1) is 0 Å². The van der Waals surface area contributed by atoms with Crippen LogP contribution < -0.4 is 0 Å². The lowest BCUT2D eigenvalue weighted by molar-refractivity contribution is -0.161. The maximum atomic E-state index is 13.1. The molecule has 0 aromatic rings. The zero-order valence-electron chi connectivity index (χ0n) is 59.0. The summed E-state index contributed by atoms with van der Waals surface area (Å²) in [6, 6.07) is 0. The minimum atomic E-state index is -4.95. The number of carbonyl (C=O) groups is 4. The molecule has 0 rings (SSSR count). The SMILES string of the molecule is CCCCCCCCCCCCCCCCCCCCCCCCC(=O)O[C@H](COC(=O)CCCCCCCCCCCCCCC(C)C)COP(=O)(O)OC[C@@H](O)COP(=O)(O)OC[C@@H](COC(=O)CCCCCCCCC)OC(=O)CCCCCCCCC. The fourth-order valence-corrected chi connectivity index (χ4v) is 12.6. The van der Waals surface area contributed by atoms with Crippen LogP contribution in [0.4, 0.5) is 0 Å². The monoisotopic (exact) mass is 1340 g/mol. The van der Waals surface area contributed by atoms with Crippen molar-refractivity contribution in [1.82, 2.24) is 0 Å². The highest BCUT2D eigenvalue weighted by Crippen LogP contribution is 2.45. The van der Waals surface area contributed by atoms with Crippen molar-refractivity contribution in [1.29, 1.82) is 0 Å². The number of hydrogen-bond donors (Lipinski definition) is 3. The largest absolute Gasteiger partial charge is 0.472 e. The van der Waals surface area contributed by atoms with Crippen LogP contribution in [0.25, 0.3) is 0 Å². The van der Waals surface area contributed by atoms with Crippen LogP contribution in [0, 0.1) is 5.92 Å². The highest BCUT2D eigenvalue weighted by atomic mass is 31.2. The first-order valence-electron chi connectivity index (χ1n) is 37.6. The van der Waals surface area contributed by atoms with Crippen molar-refractivity contribution in [3.63, 3.8) is 0 Å². The maximum Gasteiger partial charge on any atom is 0.472 e. The molecule has 0 aliphatic carbocycles. The number of hydrogen-bond acceptors (Lipinski definition) is 15. The molecular weight excluding hydrogens is 1200 g/mol. The zero-order valence-corrected chi connectivity index (χ0v) is 60.8. The molecule has 0 saturated heterocycles. The van der Waals surface area contributed by atoms with E-state index in [0.29, 0.717) is 25.7 Å². The summed E-state index contributed by atoms with van der Waals surface area (Å²) in [4.78, 5) is 72.3. The van der Waals surface area contributed by atoms with E-state index in [1.165, 1.54) is 173 Å². The fraction of sp³-hybridized carbons (Fsp3) is 0.944. The summed E-state index contributed by atoms with van der Waals surface area (Å²) in [6.07, 6.45) is 53.3. The normalized spacial score (nSPS) is 14.0. The Hall–Kier alpha value is -1.94. The van der Waals surface area contributed by atoms with E-state index in [1.54, 1.807) is 0 Å². The predicted molar refractivity (Wildman–Crippen MR) is 368 cm³/mol. The number of phosphoric ester groups is 2.